The highest BCUT2D eigenvalue weighted by Crippen LogP contribution is 2.44. The number of thioether (sulfide) groups is 1. The fraction of sp³-hybridized carbons (Fsp3) is 0.462. The third-order valence-electron chi connectivity index (χ3n) is 6.81. The van der Waals surface area contributed by atoms with Crippen molar-refractivity contribution in [2.75, 3.05) is 6.61 Å². The fourth-order valence-corrected chi connectivity index (χ4v) is 5.57. The predicted octanol–water partition coefficient (Wildman–Crippen LogP) is 5.15. The number of benzene rings is 2. The van der Waals surface area contributed by atoms with Crippen LogP contribution in [0.2, 0.25) is 0 Å². The van der Waals surface area contributed by atoms with E-state index in [4.69, 9.17) is 9.47 Å². The number of nitrogens with one attached hydrogen (secondary N) is 1. The molecule has 2 atom stereocenters. The van der Waals surface area contributed by atoms with Gasteiger partial charge in [0.15, 0.2) is 0 Å². The molecule has 2 aromatic carbocycles. The maximum atomic E-state index is 11.8. The van der Waals surface area contributed by atoms with Crippen LogP contribution in [0.3, 0.4) is 0 Å². The molecule has 6 nitrogen and oxygen atoms in total. The predicted molar refractivity (Wildman–Crippen MR) is 129 cm³/mol. The highest BCUT2D eigenvalue weighted by atomic mass is 32.2. The lowest BCUT2D eigenvalue weighted by Crippen LogP contribution is -2.45. The van der Waals surface area contributed by atoms with E-state index in [-0.39, 0.29) is 16.4 Å². The zero-order valence-corrected chi connectivity index (χ0v) is 20.4. The van der Waals surface area contributed by atoms with Crippen molar-refractivity contribution in [1.29, 1.82) is 0 Å². The molecule has 1 saturated heterocycles. The molecule has 0 spiro atoms. The van der Waals surface area contributed by atoms with Gasteiger partial charge in [0.05, 0.1) is 5.25 Å². The van der Waals surface area contributed by atoms with Gasteiger partial charge >= 0.3 is 0 Å². The maximum absolute atomic E-state index is 11.8. The van der Waals surface area contributed by atoms with Crippen LogP contribution in [-0.2, 0) is 17.6 Å². The molecule has 2 heterocycles. The van der Waals surface area contributed by atoms with Crippen LogP contribution in [0.25, 0.3) is 0 Å². The first-order valence-electron chi connectivity index (χ1n) is 11.5. The molecule has 2 aromatic rings. The lowest BCUT2D eigenvalue weighted by Gasteiger charge is -2.40. The fourth-order valence-electron chi connectivity index (χ4n) is 4.71. The average Bonchev–Trinajstić information content (AvgIpc) is 3.12. The van der Waals surface area contributed by atoms with E-state index >= 15 is 0 Å². The average molecular weight is 470 g/mol. The molecule has 2 aliphatic heterocycles. The summed E-state index contributed by atoms with van der Waals surface area (Å²) in [5.74, 6) is 1.78. The molecule has 7 heteroatoms. The number of carbonyl (C=O) groups is 2. The molecule has 4 rings (SSSR count). The molecule has 2 unspecified atom stereocenters. The van der Waals surface area contributed by atoms with Crippen LogP contribution < -0.4 is 14.8 Å². The molecular formula is C26H31NO5S. The topological polar surface area (TPSA) is 84.9 Å². The number of fused-ring (bicyclic) bond motifs is 1. The Morgan fingerprint density at radius 2 is 1.88 bits per heavy atom. The first-order chi connectivity index (χ1) is 15.7. The van der Waals surface area contributed by atoms with E-state index in [0.29, 0.717) is 18.8 Å². The van der Waals surface area contributed by atoms with Crippen molar-refractivity contribution in [3.63, 3.8) is 0 Å². The number of carbonyl (C=O) groups excluding carboxylic acids is 2. The Kier molecular flexibility index (Phi) is 6.61. The highest BCUT2D eigenvalue weighted by molar-refractivity contribution is 8.15. The van der Waals surface area contributed by atoms with E-state index in [0.717, 1.165) is 76.8 Å². The number of aromatic hydroxyl groups is 1. The van der Waals surface area contributed by atoms with Crippen molar-refractivity contribution in [3.05, 3.63) is 52.1 Å². The number of ether oxygens (including phenoxy) is 2. The van der Waals surface area contributed by atoms with E-state index in [1.165, 1.54) is 0 Å². The Hall–Kier alpha value is -2.67. The number of amides is 2. The van der Waals surface area contributed by atoms with Gasteiger partial charge in [0.1, 0.15) is 29.5 Å². The van der Waals surface area contributed by atoms with Crippen LogP contribution in [0.4, 0.5) is 4.79 Å². The summed E-state index contributed by atoms with van der Waals surface area (Å²) in [5.41, 5.74) is 4.43. The molecule has 0 aliphatic carbocycles. The molecular weight excluding hydrogens is 438 g/mol. The van der Waals surface area contributed by atoms with E-state index in [1.54, 1.807) is 0 Å². The van der Waals surface area contributed by atoms with E-state index in [2.05, 4.69) is 12.2 Å². The van der Waals surface area contributed by atoms with Gasteiger partial charge in [-0.15, -0.1) is 0 Å². The Labute approximate surface area is 199 Å². The molecule has 1 fully saturated rings. The molecule has 0 radical (unpaired) electrons. The molecule has 176 valence electrons. The maximum Gasteiger partial charge on any atom is 0.286 e. The summed E-state index contributed by atoms with van der Waals surface area (Å²) in [5, 5.41) is 12.1. The van der Waals surface area contributed by atoms with Gasteiger partial charge in [0.2, 0.25) is 5.91 Å². The van der Waals surface area contributed by atoms with Crippen LogP contribution in [0, 0.1) is 20.8 Å². The summed E-state index contributed by atoms with van der Waals surface area (Å²) in [6.45, 7) is 8.48. The summed E-state index contributed by atoms with van der Waals surface area (Å²) in [7, 11) is 0. The Balaban J connectivity index is 1.46. The molecule has 2 aliphatic rings. The van der Waals surface area contributed by atoms with Gasteiger partial charge in [0.25, 0.3) is 5.24 Å². The third kappa shape index (κ3) is 4.69. The number of hydrogen-bond donors (Lipinski definition) is 2. The first kappa shape index (κ1) is 23.5. The van der Waals surface area contributed by atoms with Gasteiger partial charge in [-0.3, -0.25) is 14.9 Å². The molecule has 33 heavy (non-hydrogen) atoms. The van der Waals surface area contributed by atoms with Crippen LogP contribution in [0.1, 0.15) is 54.0 Å². The highest BCUT2D eigenvalue weighted by Gasteiger charge is 2.39. The molecule has 0 bridgehead atoms. The first-order valence-corrected chi connectivity index (χ1v) is 12.3. The monoisotopic (exact) mass is 469 g/mol. The summed E-state index contributed by atoms with van der Waals surface area (Å²) >= 11 is 1.04. The minimum atomic E-state index is -0.417. The Bertz CT molecular complexity index is 1080. The lowest BCUT2D eigenvalue weighted by atomic mass is 9.84. The van der Waals surface area contributed by atoms with Crippen molar-refractivity contribution in [3.8, 4) is 17.2 Å². The molecule has 0 aromatic heterocycles. The summed E-state index contributed by atoms with van der Waals surface area (Å²) in [6, 6.07) is 7.69. The van der Waals surface area contributed by atoms with E-state index < -0.39 is 5.60 Å². The normalized spacial score (nSPS) is 22.0. The minimum absolute atomic E-state index is 0.226. The van der Waals surface area contributed by atoms with Gasteiger partial charge in [-0.05, 0) is 80.8 Å². The van der Waals surface area contributed by atoms with Crippen LogP contribution in [0.15, 0.2) is 24.3 Å². The number of phenols is 1. The third-order valence-corrected chi connectivity index (χ3v) is 7.79. The summed E-state index contributed by atoms with van der Waals surface area (Å²) < 4.78 is 12.8. The van der Waals surface area contributed by atoms with Gasteiger partial charge in [-0.2, -0.15) is 0 Å². The van der Waals surface area contributed by atoms with Gasteiger partial charge in [-0.1, -0.05) is 37.2 Å². The molecule has 2 N–H and O–H groups in total. The number of hydrogen-bond acceptors (Lipinski definition) is 6. The van der Waals surface area contributed by atoms with Crippen molar-refractivity contribution in [2.24, 2.45) is 0 Å². The second-order valence-electron chi connectivity index (χ2n) is 9.09. The number of phenolic OH excluding ortho intramolecular Hbond substituents is 1. The van der Waals surface area contributed by atoms with Crippen LogP contribution in [0.5, 0.6) is 17.2 Å². The second-order valence-corrected chi connectivity index (χ2v) is 10.3. The Morgan fingerprint density at radius 1 is 1.15 bits per heavy atom. The van der Waals surface area contributed by atoms with E-state index in [1.807, 2.05) is 45.0 Å². The van der Waals surface area contributed by atoms with Gasteiger partial charge in [0, 0.05) is 5.56 Å². The Morgan fingerprint density at radius 3 is 2.52 bits per heavy atom. The van der Waals surface area contributed by atoms with Crippen LogP contribution in [-0.4, -0.2) is 33.7 Å². The SMILES string of the molecule is CCCC1(COc2ccc(CC3SC(=O)NC3=O)cc2)CCc2c(C)c(O)c(C)c(C)c2O1. The smallest absolute Gasteiger partial charge is 0.286 e. The quantitative estimate of drug-likeness (QED) is 0.583. The van der Waals surface area contributed by atoms with Crippen molar-refractivity contribution in [1.82, 2.24) is 5.32 Å². The zero-order chi connectivity index (χ0) is 23.8. The van der Waals surface area contributed by atoms with Crippen molar-refractivity contribution < 1.29 is 24.2 Å². The van der Waals surface area contributed by atoms with E-state index in [9.17, 15) is 14.7 Å². The summed E-state index contributed by atoms with van der Waals surface area (Å²) in [6.07, 6.45) is 4.04. The van der Waals surface area contributed by atoms with Crippen LogP contribution >= 0.6 is 11.8 Å². The zero-order valence-electron chi connectivity index (χ0n) is 19.6. The molecule has 0 saturated carbocycles. The number of rotatable bonds is 7. The van der Waals surface area contributed by atoms with Gasteiger partial charge < -0.3 is 14.6 Å². The van der Waals surface area contributed by atoms with Crippen molar-refractivity contribution >= 4 is 22.9 Å². The standard InChI is InChI=1S/C26H31NO5S/c1-5-11-26(12-10-20-17(4)22(28)15(2)16(3)23(20)32-26)14-31-19-8-6-18(7-9-19)13-21-24(29)27-25(30)33-21/h6-9,21,28H,5,10-14H2,1-4H3,(H,27,29,30). The van der Waals surface area contributed by atoms with Gasteiger partial charge in [-0.25, -0.2) is 0 Å². The lowest BCUT2D eigenvalue weighted by molar-refractivity contribution is -0.118. The number of imide groups is 1. The molecule has 2 amide bonds. The summed E-state index contributed by atoms with van der Waals surface area (Å²) in [4.78, 5) is 23.2. The second kappa shape index (κ2) is 9.29. The van der Waals surface area contributed by atoms with Crippen molar-refractivity contribution in [2.45, 2.75) is 70.7 Å². The largest absolute Gasteiger partial charge is 0.507 e. The minimum Gasteiger partial charge on any atom is -0.507 e.